The molecule has 108 valence electrons. The lowest BCUT2D eigenvalue weighted by Crippen LogP contribution is -2.41. The van der Waals surface area contributed by atoms with Crippen molar-refractivity contribution in [3.63, 3.8) is 0 Å². The lowest BCUT2D eigenvalue weighted by Gasteiger charge is -2.45. The van der Waals surface area contributed by atoms with Crippen molar-refractivity contribution in [2.45, 2.75) is 70.5 Å². The first kappa shape index (κ1) is 14.7. The van der Waals surface area contributed by atoms with E-state index in [1.165, 1.54) is 6.42 Å². The zero-order valence-corrected chi connectivity index (χ0v) is 11.8. The van der Waals surface area contributed by atoms with Crippen LogP contribution in [-0.2, 0) is 4.79 Å². The maximum absolute atomic E-state index is 11.2. The zero-order chi connectivity index (χ0) is 13.9. The van der Waals surface area contributed by atoms with Gasteiger partial charge >= 0.3 is 0 Å². The minimum Gasteiger partial charge on any atom is -0.392 e. The maximum atomic E-state index is 11.2. The SMILES string of the molecule is CCCC1(C(O)C/C=C/[C@@H]2CC(=O)C[C@@H]2O)CCC1. The summed E-state index contributed by atoms with van der Waals surface area (Å²) in [6.07, 6.45) is 10.2. The monoisotopic (exact) mass is 266 g/mol. The summed E-state index contributed by atoms with van der Waals surface area (Å²) in [6.45, 7) is 2.17. The quantitative estimate of drug-likeness (QED) is 0.727. The van der Waals surface area contributed by atoms with Crippen LogP contribution < -0.4 is 0 Å². The normalized spacial score (nSPS) is 31.6. The molecule has 0 aromatic rings. The highest BCUT2D eigenvalue weighted by Gasteiger charge is 2.41. The van der Waals surface area contributed by atoms with E-state index < -0.39 is 6.10 Å². The van der Waals surface area contributed by atoms with Gasteiger partial charge in [-0.3, -0.25) is 4.79 Å². The molecule has 19 heavy (non-hydrogen) atoms. The molecule has 0 bridgehead atoms. The Bertz CT molecular complexity index is 344. The van der Waals surface area contributed by atoms with Crippen LogP contribution in [0, 0.1) is 11.3 Å². The molecule has 0 aliphatic heterocycles. The van der Waals surface area contributed by atoms with Gasteiger partial charge in [0.15, 0.2) is 0 Å². The number of hydrogen-bond acceptors (Lipinski definition) is 3. The fraction of sp³-hybridized carbons (Fsp3) is 0.812. The molecule has 0 aromatic carbocycles. The molecule has 0 amide bonds. The Balaban J connectivity index is 1.82. The molecule has 2 N–H and O–H groups in total. The van der Waals surface area contributed by atoms with Gasteiger partial charge in [-0.1, -0.05) is 31.9 Å². The van der Waals surface area contributed by atoms with Crippen molar-refractivity contribution in [3.05, 3.63) is 12.2 Å². The Morgan fingerprint density at radius 1 is 1.42 bits per heavy atom. The third-order valence-corrected chi connectivity index (χ3v) is 4.94. The summed E-state index contributed by atoms with van der Waals surface area (Å²) in [4.78, 5) is 11.2. The van der Waals surface area contributed by atoms with Crippen LogP contribution in [0.1, 0.15) is 58.3 Å². The molecule has 2 aliphatic carbocycles. The Kier molecular flexibility index (Phi) is 4.80. The van der Waals surface area contributed by atoms with E-state index in [1.54, 1.807) is 0 Å². The fourth-order valence-electron chi connectivity index (χ4n) is 3.57. The van der Waals surface area contributed by atoms with Crippen molar-refractivity contribution in [1.29, 1.82) is 0 Å². The third-order valence-electron chi connectivity index (χ3n) is 4.94. The number of aliphatic hydroxyl groups excluding tert-OH is 2. The Morgan fingerprint density at radius 3 is 2.63 bits per heavy atom. The van der Waals surface area contributed by atoms with Gasteiger partial charge in [0.05, 0.1) is 12.2 Å². The molecular formula is C16H26O3. The predicted octanol–water partition coefficient (Wildman–Crippen LogP) is 2.60. The van der Waals surface area contributed by atoms with Crippen LogP contribution in [0.15, 0.2) is 12.2 Å². The number of Topliss-reactive ketones (excluding diaryl/α,β-unsaturated/α-hetero) is 1. The number of ketones is 1. The number of hydrogen-bond donors (Lipinski definition) is 2. The van der Waals surface area contributed by atoms with Gasteiger partial charge in [-0.25, -0.2) is 0 Å². The average molecular weight is 266 g/mol. The molecule has 2 saturated carbocycles. The molecule has 3 atom stereocenters. The van der Waals surface area contributed by atoms with Gasteiger partial charge in [-0.05, 0) is 31.1 Å². The smallest absolute Gasteiger partial charge is 0.136 e. The van der Waals surface area contributed by atoms with Gasteiger partial charge in [-0.15, -0.1) is 0 Å². The molecule has 0 saturated heterocycles. The second-order valence-electron chi connectivity index (χ2n) is 6.32. The number of aliphatic hydroxyl groups is 2. The molecule has 3 nitrogen and oxygen atoms in total. The third kappa shape index (κ3) is 3.26. The second kappa shape index (κ2) is 6.19. The van der Waals surface area contributed by atoms with Crippen molar-refractivity contribution < 1.29 is 15.0 Å². The Labute approximate surface area is 115 Å². The van der Waals surface area contributed by atoms with E-state index in [0.717, 1.165) is 25.7 Å². The van der Waals surface area contributed by atoms with Crippen molar-refractivity contribution in [2.75, 3.05) is 0 Å². The molecule has 3 heteroatoms. The molecule has 1 unspecified atom stereocenters. The molecule has 0 heterocycles. The summed E-state index contributed by atoms with van der Waals surface area (Å²) in [5.41, 5.74) is 0.142. The predicted molar refractivity (Wildman–Crippen MR) is 74.7 cm³/mol. The van der Waals surface area contributed by atoms with E-state index in [4.69, 9.17) is 0 Å². The van der Waals surface area contributed by atoms with Crippen LogP contribution in [0.4, 0.5) is 0 Å². The molecular weight excluding hydrogens is 240 g/mol. The lowest BCUT2D eigenvalue weighted by molar-refractivity contribution is -0.117. The van der Waals surface area contributed by atoms with E-state index in [1.807, 2.05) is 12.2 Å². The van der Waals surface area contributed by atoms with Crippen molar-refractivity contribution >= 4 is 5.78 Å². The van der Waals surface area contributed by atoms with Crippen molar-refractivity contribution in [3.8, 4) is 0 Å². The van der Waals surface area contributed by atoms with Crippen LogP contribution in [0.3, 0.4) is 0 Å². The molecule has 2 rings (SSSR count). The molecule has 0 spiro atoms. The molecule has 2 fully saturated rings. The number of rotatable bonds is 6. The highest BCUT2D eigenvalue weighted by atomic mass is 16.3. The summed E-state index contributed by atoms with van der Waals surface area (Å²) >= 11 is 0. The topological polar surface area (TPSA) is 57.5 Å². The minimum absolute atomic E-state index is 0.0387. The van der Waals surface area contributed by atoms with Gasteiger partial charge in [-0.2, -0.15) is 0 Å². The first-order valence-electron chi connectivity index (χ1n) is 7.62. The lowest BCUT2D eigenvalue weighted by atomic mass is 9.62. The first-order valence-corrected chi connectivity index (χ1v) is 7.62. The van der Waals surface area contributed by atoms with Gasteiger partial charge in [0, 0.05) is 18.8 Å². The molecule has 2 aliphatic rings. The highest BCUT2D eigenvalue weighted by Crippen LogP contribution is 2.48. The largest absolute Gasteiger partial charge is 0.392 e. The van der Waals surface area contributed by atoms with E-state index in [2.05, 4.69) is 6.92 Å². The van der Waals surface area contributed by atoms with Crippen LogP contribution in [0.5, 0.6) is 0 Å². The molecule has 0 aromatic heterocycles. The van der Waals surface area contributed by atoms with Crippen LogP contribution in [0.25, 0.3) is 0 Å². The Hall–Kier alpha value is -0.670. The second-order valence-corrected chi connectivity index (χ2v) is 6.32. The van der Waals surface area contributed by atoms with Crippen LogP contribution in [-0.4, -0.2) is 28.2 Å². The average Bonchev–Trinajstić information content (AvgIpc) is 2.62. The van der Waals surface area contributed by atoms with E-state index >= 15 is 0 Å². The number of carbonyl (C=O) groups is 1. The van der Waals surface area contributed by atoms with Crippen molar-refractivity contribution in [2.24, 2.45) is 11.3 Å². The Morgan fingerprint density at radius 2 is 2.16 bits per heavy atom. The van der Waals surface area contributed by atoms with Crippen LogP contribution >= 0.6 is 0 Å². The fourth-order valence-corrected chi connectivity index (χ4v) is 3.57. The van der Waals surface area contributed by atoms with Gasteiger partial charge in [0.2, 0.25) is 0 Å². The van der Waals surface area contributed by atoms with E-state index in [-0.39, 0.29) is 29.6 Å². The first-order chi connectivity index (χ1) is 9.07. The van der Waals surface area contributed by atoms with Crippen molar-refractivity contribution in [1.82, 2.24) is 0 Å². The zero-order valence-electron chi connectivity index (χ0n) is 11.8. The standard InChI is InChI=1S/C16H26O3/c1-2-7-16(8-4-9-16)15(19)6-3-5-12-10-13(17)11-14(12)18/h3,5,12,14-15,18-19H,2,4,6-11H2,1H3/b5-3+/t12-,14+,15?/m1/s1. The molecule has 0 radical (unpaired) electrons. The van der Waals surface area contributed by atoms with E-state index in [0.29, 0.717) is 12.8 Å². The number of carbonyl (C=O) groups excluding carboxylic acids is 1. The summed E-state index contributed by atoms with van der Waals surface area (Å²) in [7, 11) is 0. The minimum atomic E-state index is -0.519. The maximum Gasteiger partial charge on any atom is 0.136 e. The summed E-state index contributed by atoms with van der Waals surface area (Å²) in [6, 6.07) is 0. The summed E-state index contributed by atoms with van der Waals surface area (Å²) in [5.74, 6) is 0.104. The summed E-state index contributed by atoms with van der Waals surface area (Å²) in [5, 5.41) is 20.1. The van der Waals surface area contributed by atoms with Gasteiger partial charge in [0.1, 0.15) is 5.78 Å². The van der Waals surface area contributed by atoms with Gasteiger partial charge < -0.3 is 10.2 Å². The van der Waals surface area contributed by atoms with Gasteiger partial charge in [0.25, 0.3) is 0 Å². The highest BCUT2D eigenvalue weighted by molar-refractivity contribution is 5.81. The van der Waals surface area contributed by atoms with Crippen LogP contribution in [0.2, 0.25) is 0 Å². The van der Waals surface area contributed by atoms with E-state index in [9.17, 15) is 15.0 Å². The summed E-state index contributed by atoms with van der Waals surface area (Å²) < 4.78 is 0.